The van der Waals surface area contributed by atoms with Crippen LogP contribution < -0.4 is 5.32 Å². The first-order valence-corrected chi connectivity index (χ1v) is 8.37. The molecule has 0 bridgehead atoms. The summed E-state index contributed by atoms with van der Waals surface area (Å²) in [5.74, 6) is 0.0391. The number of hydrogen-bond acceptors (Lipinski definition) is 3. The van der Waals surface area contributed by atoms with Gasteiger partial charge in [-0.05, 0) is 31.7 Å². The molecule has 3 heteroatoms. The fourth-order valence-corrected chi connectivity index (χ4v) is 2.68. The van der Waals surface area contributed by atoms with Crippen molar-refractivity contribution in [1.29, 1.82) is 0 Å². The van der Waals surface area contributed by atoms with Crippen LogP contribution in [-0.2, 0) is 4.74 Å². The minimum absolute atomic E-state index is 0.0391. The van der Waals surface area contributed by atoms with Gasteiger partial charge in [0.2, 0.25) is 0 Å². The molecule has 2 atom stereocenters. The van der Waals surface area contributed by atoms with Gasteiger partial charge in [0.15, 0.2) is 5.78 Å². The molecule has 1 aromatic rings. The molecule has 2 rings (SSSR count). The van der Waals surface area contributed by atoms with E-state index in [0.717, 1.165) is 25.9 Å². The highest BCUT2D eigenvalue weighted by atomic mass is 16.5. The SMILES string of the molecule is CC(OCCNCCC1(C)C=CC=CC1)C(=O)c1ccccc1. The van der Waals surface area contributed by atoms with E-state index in [1.165, 1.54) is 0 Å². The number of hydrogen-bond donors (Lipinski definition) is 1. The van der Waals surface area contributed by atoms with Crippen LogP contribution in [0.25, 0.3) is 0 Å². The van der Waals surface area contributed by atoms with Gasteiger partial charge in [-0.15, -0.1) is 0 Å². The van der Waals surface area contributed by atoms with E-state index in [9.17, 15) is 4.79 Å². The fraction of sp³-hybridized carbons (Fsp3) is 0.450. The van der Waals surface area contributed by atoms with Crippen LogP contribution in [0.5, 0.6) is 0 Å². The van der Waals surface area contributed by atoms with Crippen LogP contribution >= 0.6 is 0 Å². The molecule has 2 unspecified atom stereocenters. The van der Waals surface area contributed by atoms with Crippen molar-refractivity contribution in [2.24, 2.45) is 5.41 Å². The predicted molar refractivity (Wildman–Crippen MR) is 94.7 cm³/mol. The standard InChI is InChI=1S/C20H27NO2/c1-17(19(22)18-9-5-3-6-10-18)23-16-15-21-14-13-20(2)11-7-4-8-12-20/h3-11,17,21H,12-16H2,1-2H3. The Labute approximate surface area is 139 Å². The lowest BCUT2D eigenvalue weighted by Crippen LogP contribution is -2.29. The Bertz CT molecular complexity index is 550. The number of carbonyl (C=O) groups excluding carboxylic acids is 1. The molecule has 0 aromatic heterocycles. The summed E-state index contributed by atoms with van der Waals surface area (Å²) >= 11 is 0. The number of ketones is 1. The number of Topliss-reactive ketones (excluding diaryl/α,β-unsaturated/α-hetero) is 1. The molecule has 0 aliphatic heterocycles. The highest BCUT2D eigenvalue weighted by Crippen LogP contribution is 2.30. The third-order valence-electron chi connectivity index (χ3n) is 4.28. The van der Waals surface area contributed by atoms with Crippen molar-refractivity contribution in [3.63, 3.8) is 0 Å². The third kappa shape index (κ3) is 5.77. The van der Waals surface area contributed by atoms with E-state index in [2.05, 4.69) is 36.5 Å². The summed E-state index contributed by atoms with van der Waals surface area (Å²) in [6, 6.07) is 9.30. The molecule has 0 fully saturated rings. The fourth-order valence-electron chi connectivity index (χ4n) is 2.68. The van der Waals surface area contributed by atoms with Crippen LogP contribution in [0.2, 0.25) is 0 Å². The molecule has 1 aromatic carbocycles. The molecule has 0 saturated heterocycles. The summed E-state index contributed by atoms with van der Waals surface area (Å²) in [4.78, 5) is 12.2. The molecule has 1 aliphatic rings. The second-order valence-corrected chi connectivity index (χ2v) is 6.39. The minimum Gasteiger partial charge on any atom is -0.369 e. The lowest BCUT2D eigenvalue weighted by molar-refractivity contribution is 0.0486. The molecule has 23 heavy (non-hydrogen) atoms. The Morgan fingerprint density at radius 3 is 2.74 bits per heavy atom. The number of nitrogens with one attached hydrogen (secondary N) is 1. The van der Waals surface area contributed by atoms with Crippen molar-refractivity contribution >= 4 is 5.78 Å². The molecule has 0 spiro atoms. The second-order valence-electron chi connectivity index (χ2n) is 6.39. The molecule has 1 N–H and O–H groups in total. The topological polar surface area (TPSA) is 38.3 Å². The molecule has 0 radical (unpaired) electrons. The average molecular weight is 313 g/mol. The smallest absolute Gasteiger partial charge is 0.191 e. The van der Waals surface area contributed by atoms with E-state index in [0.29, 0.717) is 12.2 Å². The van der Waals surface area contributed by atoms with Crippen molar-refractivity contribution in [2.45, 2.75) is 32.8 Å². The number of benzene rings is 1. The Hall–Kier alpha value is -1.71. The highest BCUT2D eigenvalue weighted by molar-refractivity contribution is 5.99. The van der Waals surface area contributed by atoms with Gasteiger partial charge in [-0.3, -0.25) is 4.79 Å². The lowest BCUT2D eigenvalue weighted by atomic mass is 9.81. The summed E-state index contributed by atoms with van der Waals surface area (Å²) in [5, 5.41) is 3.40. The van der Waals surface area contributed by atoms with Gasteiger partial charge in [0, 0.05) is 12.1 Å². The Balaban J connectivity index is 1.59. The summed E-state index contributed by atoms with van der Waals surface area (Å²) in [6.07, 6.45) is 10.5. The first kappa shape index (κ1) is 17.6. The largest absolute Gasteiger partial charge is 0.369 e. The molecule has 0 saturated carbocycles. The van der Waals surface area contributed by atoms with Crippen LogP contribution in [0.3, 0.4) is 0 Å². The first-order valence-electron chi connectivity index (χ1n) is 8.37. The van der Waals surface area contributed by atoms with Crippen LogP contribution in [0, 0.1) is 5.41 Å². The van der Waals surface area contributed by atoms with E-state index >= 15 is 0 Å². The molecule has 0 amide bonds. The van der Waals surface area contributed by atoms with Gasteiger partial charge in [0.1, 0.15) is 6.10 Å². The molecule has 124 valence electrons. The van der Waals surface area contributed by atoms with Crippen molar-refractivity contribution in [2.75, 3.05) is 19.7 Å². The van der Waals surface area contributed by atoms with Gasteiger partial charge in [-0.1, -0.05) is 61.6 Å². The number of rotatable bonds is 9. The third-order valence-corrected chi connectivity index (χ3v) is 4.28. The van der Waals surface area contributed by atoms with E-state index in [1.54, 1.807) is 0 Å². The molecular weight excluding hydrogens is 286 g/mol. The van der Waals surface area contributed by atoms with Crippen LogP contribution in [0.15, 0.2) is 54.6 Å². The average Bonchev–Trinajstić information content (AvgIpc) is 2.58. The molecule has 1 aliphatic carbocycles. The van der Waals surface area contributed by atoms with Gasteiger partial charge in [-0.25, -0.2) is 0 Å². The van der Waals surface area contributed by atoms with Crippen molar-refractivity contribution in [3.05, 3.63) is 60.2 Å². The van der Waals surface area contributed by atoms with Gasteiger partial charge in [0.05, 0.1) is 6.61 Å². The summed E-state index contributed by atoms with van der Waals surface area (Å²) in [6.45, 7) is 6.37. The van der Waals surface area contributed by atoms with Crippen LogP contribution in [0.4, 0.5) is 0 Å². The maximum atomic E-state index is 12.2. The van der Waals surface area contributed by atoms with E-state index in [4.69, 9.17) is 4.74 Å². The van der Waals surface area contributed by atoms with E-state index in [-0.39, 0.29) is 11.2 Å². The van der Waals surface area contributed by atoms with Crippen molar-refractivity contribution in [1.82, 2.24) is 5.32 Å². The van der Waals surface area contributed by atoms with Crippen molar-refractivity contribution < 1.29 is 9.53 Å². The number of allylic oxidation sites excluding steroid dienone is 4. The van der Waals surface area contributed by atoms with Gasteiger partial charge in [-0.2, -0.15) is 0 Å². The van der Waals surface area contributed by atoms with Crippen LogP contribution in [-0.4, -0.2) is 31.6 Å². The Kier molecular flexibility index (Phi) is 6.75. The minimum atomic E-state index is -0.400. The normalized spacial score (nSPS) is 21.3. The zero-order valence-corrected chi connectivity index (χ0v) is 14.1. The monoisotopic (exact) mass is 313 g/mol. The van der Waals surface area contributed by atoms with Crippen LogP contribution in [0.1, 0.15) is 37.0 Å². The number of carbonyl (C=O) groups is 1. The zero-order valence-electron chi connectivity index (χ0n) is 14.1. The second kappa shape index (κ2) is 8.80. The summed E-state index contributed by atoms with van der Waals surface area (Å²) in [5.41, 5.74) is 0.970. The Morgan fingerprint density at radius 1 is 1.26 bits per heavy atom. The summed E-state index contributed by atoms with van der Waals surface area (Å²) < 4.78 is 5.64. The quantitative estimate of drug-likeness (QED) is 0.557. The summed E-state index contributed by atoms with van der Waals surface area (Å²) in [7, 11) is 0. The van der Waals surface area contributed by atoms with E-state index in [1.807, 2.05) is 37.3 Å². The maximum Gasteiger partial charge on any atom is 0.191 e. The number of ether oxygens (including phenoxy) is 1. The zero-order chi connectivity index (χ0) is 16.5. The van der Waals surface area contributed by atoms with Gasteiger partial charge in [0.25, 0.3) is 0 Å². The van der Waals surface area contributed by atoms with E-state index < -0.39 is 6.10 Å². The first-order chi connectivity index (χ1) is 11.1. The Morgan fingerprint density at radius 2 is 2.04 bits per heavy atom. The van der Waals surface area contributed by atoms with Gasteiger partial charge < -0.3 is 10.1 Å². The van der Waals surface area contributed by atoms with Crippen molar-refractivity contribution in [3.8, 4) is 0 Å². The molecular formula is C20H27NO2. The maximum absolute atomic E-state index is 12.2. The van der Waals surface area contributed by atoms with Gasteiger partial charge >= 0.3 is 0 Å². The molecule has 0 heterocycles. The molecule has 3 nitrogen and oxygen atoms in total. The highest BCUT2D eigenvalue weighted by Gasteiger charge is 2.20. The lowest BCUT2D eigenvalue weighted by Gasteiger charge is -2.26. The predicted octanol–water partition coefficient (Wildman–Crippen LogP) is 3.78.